The van der Waals surface area contributed by atoms with Crippen LogP contribution in [0.4, 0.5) is 0 Å². The highest BCUT2D eigenvalue weighted by molar-refractivity contribution is 5.43. The van der Waals surface area contributed by atoms with Crippen LogP contribution in [0.1, 0.15) is 25.8 Å². The van der Waals surface area contributed by atoms with E-state index in [-0.39, 0.29) is 5.41 Å². The van der Waals surface area contributed by atoms with Crippen LogP contribution in [0.3, 0.4) is 0 Å². The van der Waals surface area contributed by atoms with E-state index in [0.717, 1.165) is 44.2 Å². The molecule has 0 unspecified atom stereocenters. The number of benzene rings is 1. The Balaban J connectivity index is 1.93. The van der Waals surface area contributed by atoms with E-state index >= 15 is 0 Å². The smallest absolute Gasteiger partial charge is 0.161 e. The molecule has 0 radical (unpaired) electrons. The van der Waals surface area contributed by atoms with Crippen LogP contribution in [0.25, 0.3) is 0 Å². The molecule has 0 fully saturated rings. The van der Waals surface area contributed by atoms with Crippen LogP contribution >= 0.6 is 0 Å². The lowest BCUT2D eigenvalue weighted by atomic mass is 9.94. The lowest BCUT2D eigenvalue weighted by Crippen LogP contribution is -2.35. The van der Waals surface area contributed by atoms with Crippen molar-refractivity contribution in [3.05, 3.63) is 23.8 Å². The molecular formula is C15H24N2O2. The van der Waals surface area contributed by atoms with Crippen molar-refractivity contribution in [1.82, 2.24) is 5.32 Å². The third kappa shape index (κ3) is 4.11. The summed E-state index contributed by atoms with van der Waals surface area (Å²) in [7, 11) is 0. The normalized spacial score (nSPS) is 15.1. The van der Waals surface area contributed by atoms with Gasteiger partial charge in [0.05, 0.1) is 13.2 Å². The Morgan fingerprint density at radius 3 is 2.68 bits per heavy atom. The monoisotopic (exact) mass is 264 g/mol. The largest absolute Gasteiger partial charge is 0.490 e. The Labute approximate surface area is 115 Å². The fraction of sp³-hybridized carbons (Fsp3) is 0.600. The van der Waals surface area contributed by atoms with Crippen LogP contribution < -0.4 is 20.5 Å². The number of rotatable bonds is 5. The van der Waals surface area contributed by atoms with Crippen molar-refractivity contribution in [3.63, 3.8) is 0 Å². The van der Waals surface area contributed by atoms with Crippen LogP contribution in [0.5, 0.6) is 11.5 Å². The lowest BCUT2D eigenvalue weighted by molar-refractivity contribution is 0.297. The number of nitrogens with two attached hydrogens (primary N) is 1. The molecular weight excluding hydrogens is 240 g/mol. The number of fused-ring (bicyclic) bond motifs is 1. The van der Waals surface area contributed by atoms with Gasteiger partial charge >= 0.3 is 0 Å². The third-order valence-electron chi connectivity index (χ3n) is 3.30. The number of hydrogen-bond donors (Lipinski definition) is 2. The molecule has 4 nitrogen and oxygen atoms in total. The van der Waals surface area contributed by atoms with E-state index in [1.165, 1.54) is 5.56 Å². The van der Waals surface area contributed by atoms with Gasteiger partial charge in [-0.3, -0.25) is 0 Å². The molecule has 0 saturated carbocycles. The highest BCUT2D eigenvalue weighted by atomic mass is 16.5. The van der Waals surface area contributed by atoms with Gasteiger partial charge in [0.1, 0.15) is 0 Å². The first-order valence-corrected chi connectivity index (χ1v) is 6.90. The van der Waals surface area contributed by atoms with E-state index in [0.29, 0.717) is 6.54 Å². The fourth-order valence-electron chi connectivity index (χ4n) is 1.94. The third-order valence-corrected chi connectivity index (χ3v) is 3.30. The first-order valence-electron chi connectivity index (χ1n) is 6.90. The van der Waals surface area contributed by atoms with E-state index < -0.39 is 0 Å². The molecule has 0 bridgehead atoms. The molecule has 0 aliphatic carbocycles. The number of ether oxygens (including phenoxy) is 2. The van der Waals surface area contributed by atoms with Gasteiger partial charge < -0.3 is 20.5 Å². The van der Waals surface area contributed by atoms with Crippen molar-refractivity contribution in [2.45, 2.75) is 26.8 Å². The summed E-state index contributed by atoms with van der Waals surface area (Å²) in [4.78, 5) is 0. The van der Waals surface area contributed by atoms with Gasteiger partial charge in [0.15, 0.2) is 11.5 Å². The predicted octanol–water partition coefficient (Wildman–Crippen LogP) is 1.92. The molecule has 0 spiro atoms. The highest BCUT2D eigenvalue weighted by Gasteiger charge is 2.15. The maximum absolute atomic E-state index is 5.72. The van der Waals surface area contributed by atoms with Crippen LogP contribution in [-0.2, 0) is 6.54 Å². The molecule has 0 atom stereocenters. The Morgan fingerprint density at radius 2 is 1.95 bits per heavy atom. The molecule has 1 aliphatic rings. The van der Waals surface area contributed by atoms with Crippen molar-refractivity contribution < 1.29 is 9.47 Å². The maximum atomic E-state index is 5.72. The first kappa shape index (κ1) is 14.2. The lowest BCUT2D eigenvalue weighted by Gasteiger charge is -2.22. The van der Waals surface area contributed by atoms with Gasteiger partial charge in [-0.2, -0.15) is 0 Å². The average molecular weight is 264 g/mol. The van der Waals surface area contributed by atoms with Crippen molar-refractivity contribution in [3.8, 4) is 11.5 Å². The summed E-state index contributed by atoms with van der Waals surface area (Å²) >= 11 is 0. The second kappa shape index (κ2) is 6.26. The molecule has 3 N–H and O–H groups in total. The van der Waals surface area contributed by atoms with Gasteiger partial charge in [-0.15, -0.1) is 0 Å². The van der Waals surface area contributed by atoms with Gasteiger partial charge in [0.25, 0.3) is 0 Å². The quantitative estimate of drug-likeness (QED) is 0.853. The molecule has 0 saturated heterocycles. The van der Waals surface area contributed by atoms with E-state index in [2.05, 4.69) is 31.3 Å². The SMILES string of the molecule is CC(C)(CN)CNCc1ccc2c(c1)OCCCO2. The molecule has 0 amide bonds. The van der Waals surface area contributed by atoms with E-state index in [1.807, 2.05) is 6.07 Å². The maximum Gasteiger partial charge on any atom is 0.161 e. The zero-order valence-corrected chi connectivity index (χ0v) is 11.9. The second-order valence-electron chi connectivity index (χ2n) is 5.80. The Kier molecular flexibility index (Phi) is 4.66. The van der Waals surface area contributed by atoms with Crippen molar-refractivity contribution in [2.75, 3.05) is 26.3 Å². The minimum atomic E-state index is 0.130. The van der Waals surface area contributed by atoms with Crippen molar-refractivity contribution in [1.29, 1.82) is 0 Å². The highest BCUT2D eigenvalue weighted by Crippen LogP contribution is 2.30. The number of nitrogens with one attached hydrogen (secondary N) is 1. The second-order valence-corrected chi connectivity index (χ2v) is 5.80. The summed E-state index contributed by atoms with van der Waals surface area (Å²) in [6.07, 6.45) is 0.937. The Morgan fingerprint density at radius 1 is 1.21 bits per heavy atom. The predicted molar refractivity (Wildman–Crippen MR) is 76.6 cm³/mol. The summed E-state index contributed by atoms with van der Waals surface area (Å²) in [5.41, 5.74) is 7.05. The van der Waals surface area contributed by atoms with Crippen LogP contribution in [0.2, 0.25) is 0 Å². The Bertz CT molecular complexity index is 419. The molecule has 1 aliphatic heterocycles. The summed E-state index contributed by atoms with van der Waals surface area (Å²) in [6, 6.07) is 6.13. The van der Waals surface area contributed by atoms with Gasteiger partial charge in [-0.25, -0.2) is 0 Å². The minimum absolute atomic E-state index is 0.130. The summed E-state index contributed by atoms with van der Waals surface area (Å²) < 4.78 is 11.3. The van der Waals surface area contributed by atoms with Crippen LogP contribution in [0, 0.1) is 5.41 Å². The average Bonchev–Trinajstić information content (AvgIpc) is 2.63. The van der Waals surface area contributed by atoms with E-state index in [9.17, 15) is 0 Å². The summed E-state index contributed by atoms with van der Waals surface area (Å²) in [6.45, 7) is 8.18. The zero-order valence-electron chi connectivity index (χ0n) is 11.9. The Hall–Kier alpha value is -1.26. The van der Waals surface area contributed by atoms with Crippen molar-refractivity contribution in [2.24, 2.45) is 11.1 Å². The van der Waals surface area contributed by atoms with Gasteiger partial charge in [0.2, 0.25) is 0 Å². The standard InChI is InChI=1S/C15H24N2O2/c1-15(2,10-16)11-17-9-12-4-5-13-14(8-12)19-7-3-6-18-13/h4-5,8,17H,3,6-7,9-11,16H2,1-2H3. The molecule has 1 heterocycles. The first-order chi connectivity index (χ1) is 9.11. The summed E-state index contributed by atoms with van der Waals surface area (Å²) in [5.74, 6) is 1.71. The van der Waals surface area contributed by atoms with Gasteiger partial charge in [-0.05, 0) is 29.7 Å². The van der Waals surface area contributed by atoms with Gasteiger partial charge in [-0.1, -0.05) is 19.9 Å². The topological polar surface area (TPSA) is 56.5 Å². The van der Waals surface area contributed by atoms with Crippen LogP contribution in [0.15, 0.2) is 18.2 Å². The van der Waals surface area contributed by atoms with Crippen LogP contribution in [-0.4, -0.2) is 26.3 Å². The minimum Gasteiger partial charge on any atom is -0.490 e. The van der Waals surface area contributed by atoms with Gasteiger partial charge in [0, 0.05) is 19.5 Å². The van der Waals surface area contributed by atoms with Crippen molar-refractivity contribution >= 4 is 0 Å². The fourth-order valence-corrected chi connectivity index (χ4v) is 1.94. The molecule has 0 aromatic heterocycles. The molecule has 2 rings (SSSR count). The molecule has 19 heavy (non-hydrogen) atoms. The number of hydrogen-bond acceptors (Lipinski definition) is 4. The molecule has 1 aromatic carbocycles. The molecule has 106 valence electrons. The summed E-state index contributed by atoms with van der Waals surface area (Å²) in [5, 5.41) is 3.44. The van der Waals surface area contributed by atoms with E-state index in [4.69, 9.17) is 15.2 Å². The zero-order chi connectivity index (χ0) is 13.7. The molecule has 4 heteroatoms. The van der Waals surface area contributed by atoms with E-state index in [1.54, 1.807) is 0 Å². The molecule has 1 aromatic rings.